The van der Waals surface area contributed by atoms with Gasteiger partial charge in [-0.3, -0.25) is 0 Å². The summed E-state index contributed by atoms with van der Waals surface area (Å²) in [6, 6.07) is 7.95. The third-order valence-electron chi connectivity index (χ3n) is 1.78. The van der Waals surface area contributed by atoms with Crippen molar-refractivity contribution in [1.29, 1.82) is 5.26 Å². The Hall–Kier alpha value is -0.330. The first kappa shape index (κ1) is 10.7. The van der Waals surface area contributed by atoms with Crippen LogP contribution in [-0.4, -0.2) is 5.33 Å². The Morgan fingerprint density at radius 2 is 2.15 bits per heavy atom. The Labute approximate surface area is 95.0 Å². The zero-order valence-corrected chi connectivity index (χ0v) is 10.2. The van der Waals surface area contributed by atoms with Crippen LogP contribution >= 0.6 is 31.9 Å². The van der Waals surface area contributed by atoms with Gasteiger partial charge >= 0.3 is 0 Å². The van der Waals surface area contributed by atoms with Crippen molar-refractivity contribution in [3.05, 3.63) is 33.8 Å². The van der Waals surface area contributed by atoms with Crippen LogP contribution in [0.25, 0.3) is 0 Å². The molecule has 0 amide bonds. The molecule has 1 rings (SSSR count). The maximum atomic E-state index is 8.78. The number of hydrogen-bond acceptors (Lipinski definition) is 1. The molecule has 1 nitrogen and oxygen atoms in total. The van der Waals surface area contributed by atoms with Gasteiger partial charge in [0.1, 0.15) is 6.07 Å². The first-order chi connectivity index (χ1) is 6.29. The van der Waals surface area contributed by atoms with E-state index in [-0.39, 0.29) is 0 Å². The molecular weight excluding hydrogens is 294 g/mol. The van der Waals surface area contributed by atoms with Crippen molar-refractivity contribution in [1.82, 2.24) is 0 Å². The fourth-order valence-electron chi connectivity index (χ4n) is 1.12. The second-order valence-corrected chi connectivity index (χ2v) is 4.27. The van der Waals surface area contributed by atoms with Gasteiger partial charge in [0.25, 0.3) is 0 Å². The van der Waals surface area contributed by atoms with Crippen molar-refractivity contribution < 1.29 is 0 Å². The Bertz CT molecular complexity index is 328. The monoisotopic (exact) mass is 301 g/mol. The first-order valence-corrected chi connectivity index (χ1v) is 5.94. The molecule has 0 saturated carbocycles. The van der Waals surface area contributed by atoms with E-state index in [1.807, 2.05) is 18.2 Å². The third kappa shape index (κ3) is 2.82. The highest BCUT2D eigenvalue weighted by Crippen LogP contribution is 2.22. The molecule has 1 aromatic rings. The molecule has 0 saturated heterocycles. The average molecular weight is 303 g/mol. The molecule has 13 heavy (non-hydrogen) atoms. The van der Waals surface area contributed by atoms with E-state index in [2.05, 4.69) is 37.9 Å². The van der Waals surface area contributed by atoms with Crippen LogP contribution in [0.5, 0.6) is 0 Å². The van der Waals surface area contributed by atoms with E-state index < -0.39 is 0 Å². The predicted molar refractivity (Wildman–Crippen MR) is 61.0 cm³/mol. The minimum absolute atomic E-state index is 0.715. The van der Waals surface area contributed by atoms with Gasteiger partial charge in [-0.05, 0) is 40.4 Å². The largest absolute Gasteiger partial charge is 0.192 e. The predicted octanol–water partition coefficient (Wildman–Crippen LogP) is 3.65. The maximum absolute atomic E-state index is 8.78. The summed E-state index contributed by atoms with van der Waals surface area (Å²) in [7, 11) is 0. The van der Waals surface area contributed by atoms with Gasteiger partial charge in [0, 0.05) is 9.80 Å². The molecule has 0 radical (unpaired) electrons. The van der Waals surface area contributed by atoms with Crippen LogP contribution in [0.15, 0.2) is 22.7 Å². The second kappa shape index (κ2) is 5.41. The van der Waals surface area contributed by atoms with Crippen molar-refractivity contribution in [2.45, 2.75) is 12.8 Å². The number of halogens is 2. The zero-order chi connectivity index (χ0) is 9.68. The van der Waals surface area contributed by atoms with E-state index in [4.69, 9.17) is 5.26 Å². The quantitative estimate of drug-likeness (QED) is 0.782. The van der Waals surface area contributed by atoms with Crippen molar-refractivity contribution in [3.8, 4) is 6.07 Å². The van der Waals surface area contributed by atoms with Crippen LogP contribution in [0, 0.1) is 11.3 Å². The Balaban J connectivity index is 2.90. The van der Waals surface area contributed by atoms with Crippen LogP contribution in [0.3, 0.4) is 0 Å². The highest BCUT2D eigenvalue weighted by Gasteiger charge is 2.03. The number of nitrogens with zero attached hydrogens (tertiary/aromatic N) is 1. The average Bonchev–Trinajstić information content (AvgIpc) is 2.16. The van der Waals surface area contributed by atoms with Crippen LogP contribution in [0.1, 0.15) is 17.5 Å². The van der Waals surface area contributed by atoms with Gasteiger partial charge in [0.05, 0.1) is 5.56 Å². The molecular formula is C10H9Br2N. The van der Waals surface area contributed by atoms with Crippen LogP contribution < -0.4 is 0 Å². The van der Waals surface area contributed by atoms with E-state index in [0.717, 1.165) is 22.6 Å². The van der Waals surface area contributed by atoms with Gasteiger partial charge in [0.2, 0.25) is 0 Å². The molecule has 0 aliphatic carbocycles. The van der Waals surface area contributed by atoms with Crippen LogP contribution in [0.2, 0.25) is 0 Å². The minimum Gasteiger partial charge on any atom is -0.192 e. The van der Waals surface area contributed by atoms with E-state index in [1.54, 1.807) is 0 Å². The summed E-state index contributed by atoms with van der Waals surface area (Å²) in [5.74, 6) is 0. The molecule has 0 N–H and O–H groups in total. The summed E-state index contributed by atoms with van der Waals surface area (Å²) in [5.41, 5.74) is 1.92. The molecule has 0 fully saturated rings. The van der Waals surface area contributed by atoms with Gasteiger partial charge in [-0.15, -0.1) is 0 Å². The lowest BCUT2D eigenvalue weighted by molar-refractivity contribution is 0.933. The molecule has 0 spiro atoms. The molecule has 0 atom stereocenters. The topological polar surface area (TPSA) is 23.8 Å². The highest BCUT2D eigenvalue weighted by molar-refractivity contribution is 9.10. The number of benzene rings is 1. The van der Waals surface area contributed by atoms with Crippen LogP contribution in [-0.2, 0) is 6.42 Å². The molecule has 3 heteroatoms. The Kier molecular flexibility index (Phi) is 4.47. The fourth-order valence-corrected chi connectivity index (χ4v) is 1.95. The van der Waals surface area contributed by atoms with Crippen molar-refractivity contribution in [2.75, 3.05) is 5.33 Å². The van der Waals surface area contributed by atoms with Crippen LogP contribution in [0.4, 0.5) is 0 Å². The number of alkyl halides is 1. The summed E-state index contributed by atoms with van der Waals surface area (Å²) in [6.07, 6.45) is 2.09. The molecule has 0 unspecified atom stereocenters. The maximum Gasteiger partial charge on any atom is 0.100 e. The standard InChI is InChI=1S/C10H9Br2N/c11-6-2-5-8-3-1-4-9(7-13)10(8)12/h1,3-4H,2,5-6H2. The number of aryl methyl sites for hydroxylation is 1. The molecule has 0 aliphatic heterocycles. The molecule has 0 bridgehead atoms. The minimum atomic E-state index is 0.715. The normalized spacial score (nSPS) is 9.62. The lowest BCUT2D eigenvalue weighted by Gasteiger charge is -2.03. The molecule has 0 aromatic heterocycles. The number of rotatable bonds is 3. The van der Waals surface area contributed by atoms with Crippen molar-refractivity contribution in [2.24, 2.45) is 0 Å². The van der Waals surface area contributed by atoms with Crippen molar-refractivity contribution in [3.63, 3.8) is 0 Å². The highest BCUT2D eigenvalue weighted by atomic mass is 79.9. The smallest absolute Gasteiger partial charge is 0.100 e. The van der Waals surface area contributed by atoms with Gasteiger partial charge in [-0.2, -0.15) is 5.26 Å². The Morgan fingerprint density at radius 3 is 2.77 bits per heavy atom. The second-order valence-electron chi connectivity index (χ2n) is 2.68. The van der Waals surface area contributed by atoms with Gasteiger partial charge in [0.15, 0.2) is 0 Å². The van der Waals surface area contributed by atoms with Gasteiger partial charge in [-0.1, -0.05) is 28.1 Å². The summed E-state index contributed by atoms with van der Waals surface area (Å²) < 4.78 is 0.943. The molecule has 0 heterocycles. The van der Waals surface area contributed by atoms with Gasteiger partial charge in [-0.25, -0.2) is 0 Å². The molecule has 68 valence electrons. The van der Waals surface area contributed by atoms with E-state index in [0.29, 0.717) is 5.56 Å². The van der Waals surface area contributed by atoms with E-state index in [9.17, 15) is 0 Å². The SMILES string of the molecule is N#Cc1cccc(CCCBr)c1Br. The molecule has 0 aliphatic rings. The number of hydrogen-bond donors (Lipinski definition) is 0. The zero-order valence-electron chi connectivity index (χ0n) is 7.06. The fraction of sp³-hybridized carbons (Fsp3) is 0.300. The molecule has 1 aromatic carbocycles. The lowest BCUT2D eigenvalue weighted by Crippen LogP contribution is -1.90. The summed E-state index contributed by atoms with van der Waals surface area (Å²) in [5, 5.41) is 9.78. The third-order valence-corrected chi connectivity index (χ3v) is 3.28. The van der Waals surface area contributed by atoms with Crippen molar-refractivity contribution >= 4 is 31.9 Å². The first-order valence-electron chi connectivity index (χ1n) is 4.03. The number of nitriles is 1. The van der Waals surface area contributed by atoms with E-state index >= 15 is 0 Å². The lowest BCUT2D eigenvalue weighted by atomic mass is 10.1. The summed E-state index contributed by atoms with van der Waals surface area (Å²) in [6.45, 7) is 0. The van der Waals surface area contributed by atoms with E-state index in [1.165, 1.54) is 5.56 Å². The summed E-state index contributed by atoms with van der Waals surface area (Å²) in [4.78, 5) is 0. The van der Waals surface area contributed by atoms with Gasteiger partial charge < -0.3 is 0 Å². The Morgan fingerprint density at radius 1 is 1.38 bits per heavy atom. The summed E-state index contributed by atoms with van der Waals surface area (Å²) >= 11 is 6.82.